The van der Waals surface area contributed by atoms with Crippen LogP contribution in [0.4, 0.5) is 4.39 Å². The molecule has 0 bridgehead atoms. The van der Waals surface area contributed by atoms with E-state index in [-0.39, 0.29) is 18.6 Å². The number of hydrogen-bond acceptors (Lipinski definition) is 4. The average molecular weight is 377 g/mol. The lowest BCUT2D eigenvalue weighted by Gasteiger charge is -2.16. The van der Waals surface area contributed by atoms with Gasteiger partial charge in [-0.2, -0.15) is 0 Å². The van der Waals surface area contributed by atoms with E-state index in [1.165, 1.54) is 25.3 Å². The molecule has 1 amide bonds. The summed E-state index contributed by atoms with van der Waals surface area (Å²) in [5.74, 6) is -1.28. The van der Waals surface area contributed by atoms with Gasteiger partial charge in [-0.25, -0.2) is 9.18 Å². The van der Waals surface area contributed by atoms with Crippen molar-refractivity contribution in [3.05, 3.63) is 66.0 Å². The molecule has 0 aliphatic carbocycles. The molecule has 0 radical (unpaired) electrons. The minimum absolute atomic E-state index is 0.0625. The van der Waals surface area contributed by atoms with Crippen molar-refractivity contribution in [3.8, 4) is 0 Å². The van der Waals surface area contributed by atoms with E-state index in [1.54, 1.807) is 30.3 Å². The summed E-state index contributed by atoms with van der Waals surface area (Å²) in [6, 6.07) is 13.7. The minimum Gasteiger partial charge on any atom is -0.467 e. The van der Waals surface area contributed by atoms with Gasteiger partial charge in [-0.1, -0.05) is 30.3 Å². The number of nitrogens with one attached hydrogen (secondary N) is 1. The predicted molar refractivity (Wildman–Crippen MR) is 96.4 cm³/mol. The van der Waals surface area contributed by atoms with E-state index < -0.39 is 34.5 Å². The standard InChI is InChI=1S/C19H20FNO4S/c1-25-19(23)17(10-11-26(24)16-8-3-2-4-9-16)21-18(22)13-14-6-5-7-15(20)12-14/h2-9,12,17H,10-11,13H2,1H3,(H,21,22)/t17-,26-/m0/s1. The van der Waals surface area contributed by atoms with Gasteiger partial charge in [0.25, 0.3) is 0 Å². The Labute approximate surface area is 154 Å². The van der Waals surface area contributed by atoms with Gasteiger partial charge in [0.15, 0.2) is 0 Å². The summed E-state index contributed by atoms with van der Waals surface area (Å²) in [7, 11) is -0.0626. The third-order valence-corrected chi connectivity index (χ3v) is 5.08. The van der Waals surface area contributed by atoms with Crippen LogP contribution >= 0.6 is 0 Å². The fourth-order valence-electron chi connectivity index (χ4n) is 2.38. The summed E-state index contributed by atoms with van der Waals surface area (Å²) in [6.07, 6.45) is 0.107. The molecule has 26 heavy (non-hydrogen) atoms. The van der Waals surface area contributed by atoms with Crippen molar-refractivity contribution in [2.45, 2.75) is 23.8 Å². The van der Waals surface area contributed by atoms with Gasteiger partial charge in [0, 0.05) is 10.6 Å². The predicted octanol–water partition coefficient (Wildman–Crippen LogP) is 2.22. The second-order valence-electron chi connectivity index (χ2n) is 5.60. The summed E-state index contributed by atoms with van der Waals surface area (Å²) in [5, 5.41) is 2.57. The SMILES string of the molecule is COC(=O)[C@H](CC[S@](=O)c1ccccc1)NC(=O)Cc1cccc(F)c1. The van der Waals surface area contributed by atoms with Crippen molar-refractivity contribution in [3.63, 3.8) is 0 Å². The molecule has 7 heteroatoms. The highest BCUT2D eigenvalue weighted by atomic mass is 32.2. The van der Waals surface area contributed by atoms with Gasteiger partial charge >= 0.3 is 5.97 Å². The van der Waals surface area contributed by atoms with Gasteiger partial charge in [-0.3, -0.25) is 9.00 Å². The van der Waals surface area contributed by atoms with Crippen LogP contribution in [-0.4, -0.2) is 35.0 Å². The number of esters is 1. The van der Waals surface area contributed by atoms with Crippen LogP contribution in [0.5, 0.6) is 0 Å². The molecule has 0 aliphatic heterocycles. The van der Waals surface area contributed by atoms with Crippen molar-refractivity contribution in [2.75, 3.05) is 12.9 Å². The first-order valence-electron chi connectivity index (χ1n) is 8.04. The van der Waals surface area contributed by atoms with Gasteiger partial charge < -0.3 is 10.1 Å². The second-order valence-corrected chi connectivity index (χ2v) is 7.17. The van der Waals surface area contributed by atoms with Crippen molar-refractivity contribution in [2.24, 2.45) is 0 Å². The zero-order chi connectivity index (χ0) is 18.9. The van der Waals surface area contributed by atoms with Crippen molar-refractivity contribution in [1.29, 1.82) is 0 Å². The fourth-order valence-corrected chi connectivity index (χ4v) is 3.53. The maximum atomic E-state index is 13.2. The number of amides is 1. The Kier molecular flexibility index (Phi) is 7.47. The van der Waals surface area contributed by atoms with Crippen LogP contribution in [0.2, 0.25) is 0 Å². The molecule has 0 saturated heterocycles. The van der Waals surface area contributed by atoms with E-state index in [9.17, 15) is 18.2 Å². The van der Waals surface area contributed by atoms with E-state index in [2.05, 4.69) is 5.32 Å². The smallest absolute Gasteiger partial charge is 0.328 e. The molecule has 0 aromatic heterocycles. The van der Waals surface area contributed by atoms with Gasteiger partial charge in [0.1, 0.15) is 11.9 Å². The Hall–Kier alpha value is -2.54. The van der Waals surface area contributed by atoms with Crippen LogP contribution in [0.1, 0.15) is 12.0 Å². The van der Waals surface area contributed by atoms with Crippen molar-refractivity contribution >= 4 is 22.7 Å². The number of benzene rings is 2. The van der Waals surface area contributed by atoms with E-state index in [0.717, 1.165) is 0 Å². The molecule has 0 spiro atoms. The highest BCUT2D eigenvalue weighted by Gasteiger charge is 2.22. The lowest BCUT2D eigenvalue weighted by Crippen LogP contribution is -2.43. The highest BCUT2D eigenvalue weighted by Crippen LogP contribution is 2.09. The van der Waals surface area contributed by atoms with Crippen molar-refractivity contribution < 1.29 is 22.9 Å². The summed E-state index contributed by atoms with van der Waals surface area (Å²) in [5.41, 5.74) is 0.499. The van der Waals surface area contributed by atoms with E-state index in [1.807, 2.05) is 6.07 Å². The van der Waals surface area contributed by atoms with E-state index in [0.29, 0.717) is 10.5 Å². The Balaban J connectivity index is 1.95. The quantitative estimate of drug-likeness (QED) is 0.716. The maximum absolute atomic E-state index is 13.2. The monoisotopic (exact) mass is 377 g/mol. The van der Waals surface area contributed by atoms with Gasteiger partial charge in [0.05, 0.1) is 24.3 Å². The molecule has 5 nitrogen and oxygen atoms in total. The van der Waals surface area contributed by atoms with Gasteiger partial charge in [0.2, 0.25) is 5.91 Å². The van der Waals surface area contributed by atoms with Crippen LogP contribution in [0.15, 0.2) is 59.5 Å². The highest BCUT2D eigenvalue weighted by molar-refractivity contribution is 7.85. The van der Waals surface area contributed by atoms with Crippen LogP contribution < -0.4 is 5.32 Å². The number of rotatable bonds is 8. The summed E-state index contributed by atoms with van der Waals surface area (Å²) in [4.78, 5) is 24.7. The third-order valence-electron chi connectivity index (χ3n) is 3.67. The van der Waals surface area contributed by atoms with Crippen LogP contribution in [0.3, 0.4) is 0 Å². The molecule has 138 valence electrons. The number of methoxy groups -OCH3 is 1. The molecule has 2 rings (SSSR count). The molecule has 2 aromatic rings. The molecule has 1 N–H and O–H groups in total. The lowest BCUT2D eigenvalue weighted by atomic mass is 10.1. The zero-order valence-corrected chi connectivity index (χ0v) is 15.1. The summed E-state index contributed by atoms with van der Waals surface area (Å²) < 4.78 is 30.2. The first-order chi connectivity index (χ1) is 12.5. The van der Waals surface area contributed by atoms with E-state index in [4.69, 9.17) is 4.74 Å². The molecule has 0 saturated carbocycles. The largest absolute Gasteiger partial charge is 0.467 e. The van der Waals surface area contributed by atoms with Crippen molar-refractivity contribution in [1.82, 2.24) is 5.32 Å². The third kappa shape index (κ3) is 6.07. The summed E-state index contributed by atoms with van der Waals surface area (Å²) in [6.45, 7) is 0. The fraction of sp³-hybridized carbons (Fsp3) is 0.263. The first-order valence-corrected chi connectivity index (χ1v) is 9.36. The number of carbonyl (C=O) groups excluding carboxylic acids is 2. The number of hydrogen-bond donors (Lipinski definition) is 1. The maximum Gasteiger partial charge on any atom is 0.328 e. The first kappa shape index (κ1) is 19.8. The molecular weight excluding hydrogens is 357 g/mol. The zero-order valence-electron chi connectivity index (χ0n) is 14.3. The molecule has 0 unspecified atom stereocenters. The van der Waals surface area contributed by atoms with Gasteiger partial charge in [-0.05, 0) is 36.2 Å². The van der Waals surface area contributed by atoms with Crippen LogP contribution in [-0.2, 0) is 31.5 Å². The number of halogens is 1. The molecule has 2 atom stereocenters. The Morgan fingerprint density at radius 1 is 1.15 bits per heavy atom. The van der Waals surface area contributed by atoms with Gasteiger partial charge in [-0.15, -0.1) is 0 Å². The van der Waals surface area contributed by atoms with Crippen LogP contribution in [0.25, 0.3) is 0 Å². The number of ether oxygens (including phenoxy) is 1. The Morgan fingerprint density at radius 3 is 2.54 bits per heavy atom. The second kappa shape index (κ2) is 9.82. The Bertz CT molecular complexity index is 782. The molecule has 0 aliphatic rings. The minimum atomic E-state index is -1.29. The Morgan fingerprint density at radius 2 is 1.88 bits per heavy atom. The normalized spacial score (nSPS) is 12.8. The topological polar surface area (TPSA) is 72.5 Å². The van der Waals surface area contributed by atoms with E-state index >= 15 is 0 Å². The average Bonchev–Trinajstić information content (AvgIpc) is 2.64. The summed E-state index contributed by atoms with van der Waals surface area (Å²) >= 11 is 0. The molecule has 0 fully saturated rings. The number of carbonyl (C=O) groups is 2. The van der Waals surface area contributed by atoms with Crippen LogP contribution in [0, 0.1) is 5.82 Å². The molecule has 2 aromatic carbocycles. The lowest BCUT2D eigenvalue weighted by molar-refractivity contribution is -0.145. The molecular formula is C19H20FNO4S. The molecule has 0 heterocycles.